The number of halogens is 2. The molecule has 0 bridgehead atoms. The third kappa shape index (κ3) is 5.56. The zero-order chi connectivity index (χ0) is 31.0. The number of hydrogen-bond donors (Lipinski definition) is 0. The molecule has 0 fully saturated rings. The topological polar surface area (TPSA) is 135 Å². The Morgan fingerprint density at radius 3 is 2.53 bits per heavy atom. The number of fused-ring (bicyclic) bond motifs is 1. The number of allylic oxidation sites excluding steroid dienone is 1. The molecule has 222 valence electrons. The van der Waals surface area contributed by atoms with E-state index in [0.717, 1.165) is 11.3 Å². The van der Waals surface area contributed by atoms with E-state index in [1.54, 1.807) is 44.2 Å². The van der Waals surface area contributed by atoms with Gasteiger partial charge in [-0.15, -0.1) is 0 Å². The molecule has 0 spiro atoms. The minimum Gasteiger partial charge on any atom is -0.496 e. The number of nitrogens with zero attached hydrogens (tertiary/aromatic N) is 3. The van der Waals surface area contributed by atoms with Crippen molar-refractivity contribution in [1.29, 1.82) is 0 Å². The van der Waals surface area contributed by atoms with Crippen LogP contribution in [0.3, 0.4) is 0 Å². The Labute approximate surface area is 258 Å². The Kier molecular flexibility index (Phi) is 8.45. The molecule has 43 heavy (non-hydrogen) atoms. The van der Waals surface area contributed by atoms with E-state index < -0.39 is 22.5 Å². The van der Waals surface area contributed by atoms with Crippen LogP contribution in [0.1, 0.15) is 31.2 Å². The summed E-state index contributed by atoms with van der Waals surface area (Å²) >= 11 is 13.3. The van der Waals surface area contributed by atoms with E-state index in [9.17, 15) is 19.7 Å². The van der Waals surface area contributed by atoms with Gasteiger partial charge in [-0.3, -0.25) is 19.5 Å². The highest BCUT2D eigenvalue weighted by molar-refractivity contribution is 7.07. The molecule has 0 radical (unpaired) electrons. The van der Waals surface area contributed by atoms with Crippen LogP contribution in [0.5, 0.6) is 11.5 Å². The molecule has 0 aliphatic carbocycles. The fourth-order valence-corrected chi connectivity index (χ4v) is 6.00. The van der Waals surface area contributed by atoms with Crippen molar-refractivity contribution in [2.24, 2.45) is 4.99 Å². The second-order valence-electron chi connectivity index (χ2n) is 9.16. The lowest BCUT2D eigenvalue weighted by Gasteiger charge is -2.22. The average Bonchev–Trinajstić information content (AvgIpc) is 3.58. The Bertz CT molecular complexity index is 1990. The van der Waals surface area contributed by atoms with Crippen molar-refractivity contribution in [1.82, 2.24) is 4.57 Å². The van der Waals surface area contributed by atoms with Crippen LogP contribution in [0, 0.1) is 10.1 Å². The number of nitro benzene ring substituents is 1. The standard InChI is InChI=1S/C29H23Cl2N3O8S/c1-5-41-28(36)25-14(2)32-29-33(26(25)21-9-8-20(42-21)15-6-7-17(30)18(31)10-15)27(35)24(43-29)12-16-11-19(34(37)38)23(40-4)13-22(16)39-3/h6-13,26H,5H2,1-4H3/b24-12-/t26-/m1/s1. The van der Waals surface area contributed by atoms with Gasteiger partial charge in [0.05, 0.1) is 51.6 Å². The van der Waals surface area contributed by atoms with Crippen molar-refractivity contribution in [3.8, 4) is 22.8 Å². The van der Waals surface area contributed by atoms with Gasteiger partial charge in [-0.05, 0) is 50.3 Å². The minimum atomic E-state index is -1.01. The number of benzene rings is 2. The van der Waals surface area contributed by atoms with Gasteiger partial charge >= 0.3 is 11.7 Å². The van der Waals surface area contributed by atoms with Gasteiger partial charge in [0.15, 0.2) is 4.80 Å². The molecule has 0 saturated carbocycles. The number of hydrogen-bond acceptors (Lipinski definition) is 10. The van der Waals surface area contributed by atoms with Crippen LogP contribution in [0.15, 0.2) is 67.9 Å². The summed E-state index contributed by atoms with van der Waals surface area (Å²) in [5.41, 5.74) is 0.592. The molecule has 1 aliphatic heterocycles. The maximum Gasteiger partial charge on any atom is 0.338 e. The van der Waals surface area contributed by atoms with Crippen LogP contribution in [0.4, 0.5) is 5.69 Å². The first-order valence-electron chi connectivity index (χ1n) is 12.7. The van der Waals surface area contributed by atoms with Gasteiger partial charge in [0.1, 0.15) is 23.3 Å². The van der Waals surface area contributed by atoms with E-state index >= 15 is 0 Å². The lowest BCUT2D eigenvalue weighted by molar-refractivity contribution is -0.385. The zero-order valence-electron chi connectivity index (χ0n) is 23.2. The van der Waals surface area contributed by atoms with Crippen molar-refractivity contribution in [2.75, 3.05) is 20.8 Å². The predicted octanol–water partition coefficient (Wildman–Crippen LogP) is 5.29. The summed E-state index contributed by atoms with van der Waals surface area (Å²) in [5, 5.41) is 12.4. The lowest BCUT2D eigenvalue weighted by atomic mass is 10.0. The third-order valence-electron chi connectivity index (χ3n) is 6.63. The van der Waals surface area contributed by atoms with Crippen molar-refractivity contribution in [3.63, 3.8) is 0 Å². The molecule has 1 atom stereocenters. The first-order chi connectivity index (χ1) is 20.6. The SMILES string of the molecule is CCOC(=O)C1=C(C)N=c2s/c(=C\c3cc([N+](=O)[O-])c(OC)cc3OC)c(=O)n2[C@@H]1c1ccc(-c2ccc(Cl)c(Cl)c2)o1. The summed E-state index contributed by atoms with van der Waals surface area (Å²) in [4.78, 5) is 43.1. The Hall–Kier alpha value is -4.39. The highest BCUT2D eigenvalue weighted by Crippen LogP contribution is 2.37. The summed E-state index contributed by atoms with van der Waals surface area (Å²) in [6.45, 7) is 3.43. The Morgan fingerprint density at radius 1 is 1.14 bits per heavy atom. The fourth-order valence-electron chi connectivity index (χ4n) is 4.67. The van der Waals surface area contributed by atoms with Gasteiger partial charge in [-0.1, -0.05) is 34.5 Å². The number of nitro groups is 1. The molecule has 2 aromatic carbocycles. The summed E-state index contributed by atoms with van der Waals surface area (Å²) < 4.78 is 23.6. The summed E-state index contributed by atoms with van der Waals surface area (Å²) in [6, 6.07) is 10.00. The van der Waals surface area contributed by atoms with Crippen LogP contribution in [-0.2, 0) is 9.53 Å². The molecule has 0 amide bonds. The molecular formula is C29H23Cl2N3O8S. The molecule has 0 unspecified atom stereocenters. The van der Waals surface area contributed by atoms with Crippen LogP contribution in [-0.4, -0.2) is 36.3 Å². The number of furan rings is 1. The van der Waals surface area contributed by atoms with Gasteiger partial charge in [0.25, 0.3) is 5.56 Å². The molecule has 2 aromatic heterocycles. The van der Waals surface area contributed by atoms with Crippen LogP contribution in [0.25, 0.3) is 17.4 Å². The predicted molar refractivity (Wildman–Crippen MR) is 161 cm³/mol. The van der Waals surface area contributed by atoms with Gasteiger partial charge in [-0.2, -0.15) is 0 Å². The van der Waals surface area contributed by atoms with Crippen molar-refractivity contribution in [3.05, 3.63) is 105 Å². The summed E-state index contributed by atoms with van der Waals surface area (Å²) in [5.74, 6) is 0.326. The Morgan fingerprint density at radius 2 is 1.88 bits per heavy atom. The highest BCUT2D eigenvalue weighted by Gasteiger charge is 2.35. The molecule has 11 nitrogen and oxygen atoms in total. The number of rotatable bonds is 8. The molecule has 1 aliphatic rings. The number of carbonyl (C=O) groups excluding carboxylic acids is 1. The normalized spacial score (nSPS) is 14.7. The highest BCUT2D eigenvalue weighted by atomic mass is 35.5. The molecular weight excluding hydrogens is 621 g/mol. The van der Waals surface area contributed by atoms with Gasteiger partial charge in [-0.25, -0.2) is 9.79 Å². The molecule has 5 rings (SSSR count). The van der Waals surface area contributed by atoms with Crippen LogP contribution >= 0.6 is 34.5 Å². The number of thiazole rings is 1. The lowest BCUT2D eigenvalue weighted by Crippen LogP contribution is -2.39. The zero-order valence-corrected chi connectivity index (χ0v) is 25.5. The number of carbonyl (C=O) groups is 1. The first-order valence-corrected chi connectivity index (χ1v) is 14.3. The number of aromatic nitrogens is 1. The monoisotopic (exact) mass is 643 g/mol. The van der Waals surface area contributed by atoms with Crippen LogP contribution < -0.4 is 24.4 Å². The largest absolute Gasteiger partial charge is 0.496 e. The molecule has 0 N–H and O–H groups in total. The minimum absolute atomic E-state index is 0.00533. The second-order valence-corrected chi connectivity index (χ2v) is 11.0. The second kappa shape index (κ2) is 12.1. The maximum atomic E-state index is 14.0. The van der Waals surface area contributed by atoms with E-state index in [1.807, 2.05) is 0 Å². The van der Waals surface area contributed by atoms with Gasteiger partial charge in [0, 0.05) is 23.3 Å². The van der Waals surface area contributed by atoms with Crippen molar-refractivity contribution in [2.45, 2.75) is 19.9 Å². The fraction of sp³-hybridized carbons (Fsp3) is 0.207. The van der Waals surface area contributed by atoms with Gasteiger partial charge in [0.2, 0.25) is 5.75 Å². The number of esters is 1. The van der Waals surface area contributed by atoms with E-state index in [-0.39, 0.29) is 45.2 Å². The van der Waals surface area contributed by atoms with E-state index in [2.05, 4.69) is 4.99 Å². The van der Waals surface area contributed by atoms with Crippen molar-refractivity contribution >= 4 is 52.3 Å². The number of ether oxygens (including phenoxy) is 3. The quantitative estimate of drug-likeness (QED) is 0.144. The van der Waals surface area contributed by atoms with Crippen molar-refractivity contribution < 1.29 is 28.3 Å². The molecule has 3 heterocycles. The van der Waals surface area contributed by atoms with E-state index in [4.69, 9.17) is 41.8 Å². The number of methoxy groups -OCH3 is 2. The molecule has 14 heteroatoms. The molecule has 0 saturated heterocycles. The van der Waals surface area contributed by atoms with Gasteiger partial charge < -0.3 is 18.6 Å². The van der Waals surface area contributed by atoms with E-state index in [0.29, 0.717) is 31.9 Å². The summed E-state index contributed by atoms with van der Waals surface area (Å²) in [7, 11) is 2.71. The molecule has 4 aromatic rings. The Balaban J connectivity index is 1.71. The maximum absolute atomic E-state index is 14.0. The van der Waals surface area contributed by atoms with Crippen LogP contribution in [0.2, 0.25) is 10.0 Å². The van der Waals surface area contributed by atoms with E-state index in [1.165, 1.54) is 37.0 Å². The average molecular weight is 644 g/mol. The third-order valence-corrected chi connectivity index (χ3v) is 8.35. The smallest absolute Gasteiger partial charge is 0.338 e. The first kappa shape index (κ1) is 30.1. The summed E-state index contributed by atoms with van der Waals surface area (Å²) in [6.07, 6.45) is 1.47.